The van der Waals surface area contributed by atoms with E-state index in [-0.39, 0.29) is 5.54 Å². The first-order valence-electron chi connectivity index (χ1n) is 8.50. The van der Waals surface area contributed by atoms with E-state index in [1.807, 2.05) is 0 Å². The lowest BCUT2D eigenvalue weighted by atomic mass is 10.0. The lowest BCUT2D eigenvalue weighted by Crippen LogP contribution is -2.65. The molecule has 0 spiro atoms. The fraction of sp³-hybridized carbons (Fsp3) is 1.00. The molecular weight excluding hydrogens is 266 g/mol. The van der Waals surface area contributed by atoms with Gasteiger partial charge in [0.05, 0.1) is 0 Å². The van der Waals surface area contributed by atoms with Crippen LogP contribution in [0.2, 0.25) is 5.54 Å². The summed E-state index contributed by atoms with van der Waals surface area (Å²) in [6.45, 7) is 12.7. The summed E-state index contributed by atoms with van der Waals surface area (Å²) in [7, 11) is -2.32. The van der Waals surface area contributed by atoms with Gasteiger partial charge in [0.2, 0.25) is 0 Å². The first-order valence-corrected chi connectivity index (χ1v) is 10.4. The van der Waals surface area contributed by atoms with Crippen LogP contribution in [0.4, 0.5) is 0 Å². The Labute approximate surface area is 127 Å². The van der Waals surface area contributed by atoms with Gasteiger partial charge in [0.15, 0.2) is 0 Å². The van der Waals surface area contributed by atoms with Crippen LogP contribution in [0, 0.1) is 0 Å². The Kier molecular flexibility index (Phi) is 7.73. The zero-order valence-corrected chi connectivity index (χ0v) is 15.3. The zero-order chi connectivity index (χ0) is 15.1. The minimum atomic E-state index is -2.32. The molecule has 20 heavy (non-hydrogen) atoms. The van der Waals surface area contributed by atoms with Gasteiger partial charge in [-0.3, -0.25) is 4.98 Å². The molecule has 0 saturated heterocycles. The van der Waals surface area contributed by atoms with Crippen molar-refractivity contribution in [2.75, 3.05) is 13.2 Å². The molecule has 0 radical (unpaired) electrons. The normalized spacial score (nSPS) is 18.4. The van der Waals surface area contributed by atoms with Crippen LogP contribution in [-0.2, 0) is 8.85 Å². The summed E-state index contributed by atoms with van der Waals surface area (Å²) in [6.07, 6.45) is 8.68. The maximum Gasteiger partial charge on any atom is 0.428 e. The van der Waals surface area contributed by atoms with Crippen molar-refractivity contribution in [2.24, 2.45) is 0 Å². The van der Waals surface area contributed by atoms with Gasteiger partial charge in [0.25, 0.3) is 0 Å². The van der Waals surface area contributed by atoms with E-state index in [9.17, 15) is 0 Å². The van der Waals surface area contributed by atoms with Crippen molar-refractivity contribution in [3.63, 3.8) is 0 Å². The van der Waals surface area contributed by atoms with Gasteiger partial charge in [-0.1, -0.05) is 33.1 Å². The molecule has 0 atom stereocenters. The van der Waals surface area contributed by atoms with Crippen molar-refractivity contribution in [1.29, 1.82) is 0 Å². The van der Waals surface area contributed by atoms with Crippen LogP contribution in [0.25, 0.3) is 0 Å². The van der Waals surface area contributed by atoms with Gasteiger partial charge in [-0.25, -0.2) is 0 Å². The van der Waals surface area contributed by atoms with Crippen LogP contribution in [0.5, 0.6) is 0 Å². The van der Waals surface area contributed by atoms with E-state index in [0.29, 0.717) is 5.54 Å². The smallest absolute Gasteiger partial charge is 0.383 e. The summed E-state index contributed by atoms with van der Waals surface area (Å²) in [5, 5.41) is 0. The number of hydrogen-bond donors (Lipinski definition) is 1. The third-order valence-corrected chi connectivity index (χ3v) is 7.75. The van der Waals surface area contributed by atoms with E-state index >= 15 is 0 Å². The highest BCUT2D eigenvalue weighted by Crippen LogP contribution is 2.38. The molecule has 0 heterocycles. The maximum atomic E-state index is 6.40. The lowest BCUT2D eigenvalue weighted by Gasteiger charge is -2.43. The fourth-order valence-electron chi connectivity index (χ4n) is 2.96. The fourth-order valence-corrected chi connectivity index (χ4v) is 7.10. The molecule has 1 rings (SSSR count). The van der Waals surface area contributed by atoms with Gasteiger partial charge >= 0.3 is 8.72 Å². The first kappa shape index (κ1) is 18.1. The second kappa shape index (κ2) is 8.52. The van der Waals surface area contributed by atoms with Crippen LogP contribution in [0.15, 0.2) is 0 Å². The molecule has 0 bridgehead atoms. The third-order valence-electron chi connectivity index (χ3n) is 3.73. The monoisotopic (exact) mass is 301 g/mol. The molecule has 4 heteroatoms. The van der Waals surface area contributed by atoms with Crippen molar-refractivity contribution in [3.8, 4) is 0 Å². The molecule has 1 N–H and O–H groups in total. The number of hydrogen-bond acceptors (Lipinski definition) is 3. The van der Waals surface area contributed by atoms with E-state index in [4.69, 9.17) is 8.85 Å². The van der Waals surface area contributed by atoms with Gasteiger partial charge in [-0.15, -0.1) is 0 Å². The first-order chi connectivity index (χ1) is 9.43. The molecule has 1 saturated carbocycles. The summed E-state index contributed by atoms with van der Waals surface area (Å²) in [5.74, 6) is 0. The summed E-state index contributed by atoms with van der Waals surface area (Å²) >= 11 is 0. The number of rotatable bonds is 8. The molecule has 1 aliphatic carbocycles. The molecule has 0 aromatic heterocycles. The van der Waals surface area contributed by atoms with Crippen LogP contribution >= 0.6 is 0 Å². The molecule has 0 aromatic carbocycles. The molecular formula is C16H35NO2Si. The molecule has 0 aromatic rings. The topological polar surface area (TPSA) is 30.5 Å². The van der Waals surface area contributed by atoms with Crippen molar-refractivity contribution in [1.82, 2.24) is 4.98 Å². The summed E-state index contributed by atoms with van der Waals surface area (Å²) in [5.41, 5.74) is 0.652. The predicted octanol–water partition coefficient (Wildman–Crippen LogP) is 4.50. The molecule has 1 aliphatic rings. The highest BCUT2D eigenvalue weighted by molar-refractivity contribution is 6.66. The average Bonchev–Trinajstić information content (AvgIpc) is 2.41. The lowest BCUT2D eigenvalue weighted by molar-refractivity contribution is 0.130. The molecule has 0 aliphatic heterocycles. The Morgan fingerprint density at radius 2 is 1.45 bits per heavy atom. The Morgan fingerprint density at radius 3 is 1.85 bits per heavy atom. The Morgan fingerprint density at radius 1 is 0.950 bits per heavy atom. The van der Waals surface area contributed by atoms with Crippen LogP contribution < -0.4 is 4.98 Å². The maximum absolute atomic E-state index is 6.40. The highest BCUT2D eigenvalue weighted by Gasteiger charge is 2.49. The summed E-state index contributed by atoms with van der Waals surface area (Å²) in [4.78, 5) is 3.80. The Bertz CT molecular complexity index is 252. The van der Waals surface area contributed by atoms with Crippen molar-refractivity contribution >= 4 is 8.72 Å². The summed E-state index contributed by atoms with van der Waals surface area (Å²) in [6, 6.07) is 0. The van der Waals surface area contributed by atoms with Crippen LogP contribution in [0.3, 0.4) is 0 Å². The molecule has 120 valence electrons. The van der Waals surface area contributed by atoms with Gasteiger partial charge in [0, 0.05) is 24.3 Å². The van der Waals surface area contributed by atoms with E-state index in [1.54, 1.807) is 0 Å². The molecule has 0 amide bonds. The quantitative estimate of drug-likeness (QED) is 0.670. The van der Waals surface area contributed by atoms with E-state index in [0.717, 1.165) is 26.1 Å². The van der Waals surface area contributed by atoms with Crippen LogP contribution in [0.1, 0.15) is 79.6 Å². The predicted molar refractivity (Wildman–Crippen MR) is 88.0 cm³/mol. The van der Waals surface area contributed by atoms with Gasteiger partial charge in [0.1, 0.15) is 0 Å². The van der Waals surface area contributed by atoms with E-state index in [1.165, 1.54) is 32.1 Å². The van der Waals surface area contributed by atoms with E-state index in [2.05, 4.69) is 39.6 Å². The van der Waals surface area contributed by atoms with Gasteiger partial charge < -0.3 is 8.85 Å². The van der Waals surface area contributed by atoms with Gasteiger partial charge in [-0.2, -0.15) is 0 Å². The zero-order valence-electron chi connectivity index (χ0n) is 14.3. The summed E-state index contributed by atoms with van der Waals surface area (Å²) < 4.78 is 12.8. The second-order valence-corrected chi connectivity index (χ2v) is 10.1. The Balaban J connectivity index is 2.89. The molecule has 1 fully saturated rings. The van der Waals surface area contributed by atoms with Crippen molar-refractivity contribution in [2.45, 2.75) is 90.6 Å². The SMILES string of the molecule is CCCO[Si](NC(C)(C)C)(OCCC)C1CCCCC1. The molecule has 0 unspecified atom stereocenters. The minimum Gasteiger partial charge on any atom is -0.383 e. The van der Waals surface area contributed by atoms with Crippen molar-refractivity contribution < 1.29 is 8.85 Å². The highest BCUT2D eigenvalue weighted by atomic mass is 28.4. The van der Waals surface area contributed by atoms with Gasteiger partial charge in [-0.05, 0) is 46.5 Å². The largest absolute Gasteiger partial charge is 0.428 e. The van der Waals surface area contributed by atoms with E-state index < -0.39 is 8.72 Å². The van der Waals surface area contributed by atoms with Crippen molar-refractivity contribution in [3.05, 3.63) is 0 Å². The van der Waals surface area contributed by atoms with Crippen LogP contribution in [-0.4, -0.2) is 27.5 Å². The second-order valence-electron chi connectivity index (χ2n) is 7.07. The standard InChI is InChI=1S/C16H35NO2Si/c1-6-13-18-20(19-14-7-2,17-16(3,4)5)15-11-9-8-10-12-15/h15,17H,6-14H2,1-5H3. The Hall–Kier alpha value is 0.0969. The molecule has 3 nitrogen and oxygen atoms in total. The number of nitrogens with one attached hydrogen (secondary N) is 1. The third kappa shape index (κ3) is 5.84. The average molecular weight is 302 g/mol. The minimum absolute atomic E-state index is 0.0468.